The maximum Gasteiger partial charge on any atom is 0.0547 e. The van der Waals surface area contributed by atoms with Crippen LogP contribution in [0, 0.1) is 0 Å². The Morgan fingerprint density at radius 1 is 0.373 bits per heavy atom. The van der Waals surface area contributed by atoms with Crippen molar-refractivity contribution in [1.29, 1.82) is 0 Å². The molecule has 67 heavy (non-hydrogen) atoms. The summed E-state index contributed by atoms with van der Waals surface area (Å²) in [5.74, 6) is 0. The summed E-state index contributed by atoms with van der Waals surface area (Å²) in [7, 11) is 0. The zero-order chi connectivity index (χ0) is 44.8. The van der Waals surface area contributed by atoms with Crippen LogP contribution >= 0.6 is 11.3 Å². The Bertz CT molecular complexity index is 4050. The van der Waals surface area contributed by atoms with E-state index in [0.717, 1.165) is 17.1 Å². The molecule has 0 aliphatic heterocycles. The Hall–Kier alpha value is -7.72. The third-order valence-electron chi connectivity index (χ3n) is 15.3. The zero-order valence-corrected chi connectivity index (χ0v) is 38.7. The van der Waals surface area contributed by atoms with Gasteiger partial charge >= 0.3 is 0 Å². The fraction of sp³-hybridized carbons (Fsp3) is 0.0938. The van der Waals surface area contributed by atoms with Crippen molar-refractivity contribution in [3.63, 3.8) is 0 Å². The predicted octanol–water partition coefficient (Wildman–Crippen LogP) is 18.1. The molecule has 3 heteroatoms. The second kappa shape index (κ2) is 13.9. The Labute approximate surface area is 394 Å². The Balaban J connectivity index is 0.971. The molecule has 2 nitrogen and oxygen atoms in total. The van der Waals surface area contributed by atoms with Gasteiger partial charge in [-0.15, -0.1) is 11.3 Å². The first-order chi connectivity index (χ1) is 32.7. The average Bonchev–Trinajstić information content (AvgIpc) is 4.04. The minimum Gasteiger partial charge on any atom is -0.310 e. The molecule has 14 rings (SSSR count). The fourth-order valence-electron chi connectivity index (χ4n) is 12.0. The SMILES string of the molecule is CC1(C)c2ccccc2-c2ccc(N(c3ccccc3)c3cccc(-c4ccc5c(c4)c4c6cc7c(cc6ccc4n5-c4ccc5c(c4)C(C)(C)c4ccccc4-5)sc4ccccc47)c3)cc21. The van der Waals surface area contributed by atoms with Crippen LogP contribution in [-0.2, 0) is 10.8 Å². The molecule has 0 N–H and O–H groups in total. The molecule has 2 aliphatic rings. The number of hydrogen-bond acceptors (Lipinski definition) is 2. The third kappa shape index (κ3) is 5.50. The Morgan fingerprint density at radius 3 is 1.79 bits per heavy atom. The molecule has 0 atom stereocenters. The first-order valence-corrected chi connectivity index (χ1v) is 24.3. The summed E-state index contributed by atoms with van der Waals surface area (Å²) in [6, 6.07) is 77.6. The number of fused-ring (bicyclic) bond motifs is 14. The van der Waals surface area contributed by atoms with Gasteiger partial charge in [0.2, 0.25) is 0 Å². The molecule has 0 unspecified atom stereocenters. The molecule has 0 saturated heterocycles. The van der Waals surface area contributed by atoms with E-state index in [2.05, 4.69) is 243 Å². The molecule has 0 spiro atoms. The van der Waals surface area contributed by atoms with Crippen LogP contribution in [-0.4, -0.2) is 4.57 Å². The average molecular weight is 875 g/mol. The summed E-state index contributed by atoms with van der Waals surface area (Å²) in [5, 5.41) is 7.74. The van der Waals surface area contributed by atoms with E-state index in [9.17, 15) is 0 Å². The lowest BCUT2D eigenvalue weighted by Crippen LogP contribution is -2.16. The number of aromatic nitrogens is 1. The van der Waals surface area contributed by atoms with Gasteiger partial charge in [-0.3, -0.25) is 0 Å². The number of benzene rings is 10. The van der Waals surface area contributed by atoms with Crippen LogP contribution < -0.4 is 4.90 Å². The number of hydrogen-bond donors (Lipinski definition) is 0. The molecule has 318 valence electrons. The van der Waals surface area contributed by atoms with Gasteiger partial charge in [0, 0.05) is 64.5 Å². The van der Waals surface area contributed by atoms with Crippen molar-refractivity contribution in [3.05, 3.63) is 229 Å². The zero-order valence-electron chi connectivity index (χ0n) is 37.9. The van der Waals surface area contributed by atoms with Gasteiger partial charge < -0.3 is 9.47 Å². The van der Waals surface area contributed by atoms with Gasteiger partial charge in [-0.05, 0) is 151 Å². The van der Waals surface area contributed by atoms with E-state index in [1.165, 1.54) is 114 Å². The van der Waals surface area contributed by atoms with Gasteiger partial charge in [0.25, 0.3) is 0 Å². The first kappa shape index (κ1) is 38.5. The van der Waals surface area contributed by atoms with Crippen LogP contribution in [0.4, 0.5) is 17.1 Å². The largest absolute Gasteiger partial charge is 0.310 e. The van der Waals surface area contributed by atoms with Crippen LogP contribution in [0.25, 0.3) is 91.8 Å². The molecule has 2 aromatic heterocycles. The van der Waals surface area contributed by atoms with Gasteiger partial charge in [-0.25, -0.2) is 0 Å². The lowest BCUT2D eigenvalue weighted by molar-refractivity contribution is 0.660. The van der Waals surface area contributed by atoms with Crippen molar-refractivity contribution >= 4 is 81.1 Å². The Kier molecular flexibility index (Phi) is 8.00. The molecule has 2 aliphatic carbocycles. The monoisotopic (exact) mass is 874 g/mol. The van der Waals surface area contributed by atoms with Crippen molar-refractivity contribution in [1.82, 2.24) is 4.57 Å². The maximum atomic E-state index is 2.52. The maximum absolute atomic E-state index is 2.52. The Morgan fingerprint density at radius 2 is 1.00 bits per heavy atom. The molecular weight excluding hydrogens is 829 g/mol. The summed E-state index contributed by atoms with van der Waals surface area (Å²) in [5.41, 5.74) is 20.1. The van der Waals surface area contributed by atoms with Crippen molar-refractivity contribution in [2.24, 2.45) is 0 Å². The van der Waals surface area contributed by atoms with Gasteiger partial charge in [0.1, 0.15) is 0 Å². The van der Waals surface area contributed by atoms with E-state index in [1.54, 1.807) is 0 Å². The highest BCUT2D eigenvalue weighted by Crippen LogP contribution is 2.52. The molecule has 10 aromatic carbocycles. The highest BCUT2D eigenvalue weighted by molar-refractivity contribution is 7.25. The first-order valence-electron chi connectivity index (χ1n) is 23.5. The summed E-state index contributed by atoms with van der Waals surface area (Å²) in [6.45, 7) is 9.48. The van der Waals surface area contributed by atoms with Crippen LogP contribution in [0.1, 0.15) is 49.9 Å². The van der Waals surface area contributed by atoms with Crippen LogP contribution in [0.2, 0.25) is 0 Å². The van der Waals surface area contributed by atoms with E-state index < -0.39 is 0 Å². The van der Waals surface area contributed by atoms with Gasteiger partial charge in [-0.2, -0.15) is 0 Å². The topological polar surface area (TPSA) is 8.17 Å². The van der Waals surface area contributed by atoms with Crippen molar-refractivity contribution < 1.29 is 0 Å². The molecule has 0 fully saturated rings. The highest BCUT2D eigenvalue weighted by atomic mass is 32.1. The summed E-state index contributed by atoms with van der Waals surface area (Å²) >= 11 is 1.89. The van der Waals surface area contributed by atoms with E-state index in [4.69, 9.17) is 0 Å². The van der Waals surface area contributed by atoms with E-state index in [-0.39, 0.29) is 10.8 Å². The van der Waals surface area contributed by atoms with Crippen LogP contribution in [0.3, 0.4) is 0 Å². The predicted molar refractivity (Wildman–Crippen MR) is 286 cm³/mol. The number of para-hydroxylation sites is 1. The highest BCUT2D eigenvalue weighted by Gasteiger charge is 2.37. The van der Waals surface area contributed by atoms with E-state index in [1.807, 2.05) is 11.3 Å². The van der Waals surface area contributed by atoms with E-state index >= 15 is 0 Å². The summed E-state index contributed by atoms with van der Waals surface area (Å²) in [4.78, 5) is 2.42. The van der Waals surface area contributed by atoms with E-state index in [0.29, 0.717) is 0 Å². The molecule has 0 bridgehead atoms. The van der Waals surface area contributed by atoms with Gasteiger partial charge in [-0.1, -0.05) is 149 Å². The second-order valence-corrected chi connectivity index (χ2v) is 20.8. The standard InChI is InChI=1S/C64H46N2S/c1-63(2)54-22-11-8-19-46(54)48-29-27-44(36-56(48)63)65(42-16-6-5-7-17-42)43-18-14-15-39(33-43)40-25-31-58-53(34-40)62-51-38-52-50-21-10-13-24-60(50)67-61(52)35-41(51)26-32-59(62)66(58)45-28-30-49-47-20-9-12-23-55(47)64(3,4)57(49)37-45/h5-38H,1-4H3. The summed E-state index contributed by atoms with van der Waals surface area (Å²) in [6.07, 6.45) is 0. The smallest absolute Gasteiger partial charge is 0.0547 e. The van der Waals surface area contributed by atoms with Crippen LogP contribution in [0.15, 0.2) is 206 Å². The number of thiophene rings is 1. The summed E-state index contributed by atoms with van der Waals surface area (Å²) < 4.78 is 5.17. The number of anilines is 3. The lowest BCUT2D eigenvalue weighted by atomic mass is 9.82. The molecule has 0 amide bonds. The number of nitrogens with zero attached hydrogens (tertiary/aromatic N) is 2. The van der Waals surface area contributed by atoms with Crippen molar-refractivity contribution in [2.45, 2.75) is 38.5 Å². The molecule has 2 heterocycles. The minimum absolute atomic E-state index is 0.103. The fourth-order valence-corrected chi connectivity index (χ4v) is 13.2. The van der Waals surface area contributed by atoms with Crippen LogP contribution in [0.5, 0.6) is 0 Å². The van der Waals surface area contributed by atoms with Gasteiger partial charge in [0.05, 0.1) is 11.0 Å². The minimum atomic E-state index is -0.105. The molecule has 0 saturated carbocycles. The number of rotatable bonds is 5. The van der Waals surface area contributed by atoms with Gasteiger partial charge in [0.15, 0.2) is 0 Å². The normalized spacial score (nSPS) is 14.2. The second-order valence-electron chi connectivity index (χ2n) is 19.7. The molecule has 12 aromatic rings. The molecule has 0 radical (unpaired) electrons. The van der Waals surface area contributed by atoms with Crippen molar-refractivity contribution in [3.8, 4) is 39.1 Å². The lowest BCUT2D eigenvalue weighted by Gasteiger charge is -2.28. The van der Waals surface area contributed by atoms with Crippen molar-refractivity contribution in [2.75, 3.05) is 4.90 Å². The third-order valence-corrected chi connectivity index (χ3v) is 16.5. The quantitative estimate of drug-likeness (QED) is 0.167. The molecular formula is C64H46N2S.